The molecule has 1 rings (SSSR count). The van der Waals surface area contributed by atoms with E-state index in [9.17, 15) is 4.79 Å². The highest BCUT2D eigenvalue weighted by atomic mass is 16.2. The number of pyridine rings is 1. The summed E-state index contributed by atoms with van der Waals surface area (Å²) in [7, 11) is 3.46. The van der Waals surface area contributed by atoms with Crippen LogP contribution in [0.5, 0.6) is 0 Å². The fourth-order valence-corrected chi connectivity index (χ4v) is 1.30. The maximum absolute atomic E-state index is 11.2. The van der Waals surface area contributed by atoms with Crippen LogP contribution in [0.4, 0.5) is 4.79 Å². The van der Waals surface area contributed by atoms with Crippen LogP contribution in [0.1, 0.15) is 12.0 Å². The quantitative estimate of drug-likeness (QED) is 0.719. The highest BCUT2D eigenvalue weighted by Gasteiger charge is 2.00. The molecule has 1 heterocycles. The molecule has 0 unspecified atom stereocenters. The second-order valence-corrected chi connectivity index (χ2v) is 4.02. The maximum Gasteiger partial charge on any atom is 0.316 e. The van der Waals surface area contributed by atoms with Gasteiger partial charge in [-0.05, 0) is 24.6 Å². The Labute approximate surface area is 102 Å². The molecule has 0 bridgehead atoms. The Kier molecular flexibility index (Phi) is 6.03. The Hall–Kier alpha value is -1.62. The number of hydrogen-bond acceptors (Lipinski definition) is 3. The molecular weight excluding hydrogens is 216 g/mol. The third-order valence-corrected chi connectivity index (χ3v) is 2.26. The summed E-state index contributed by atoms with van der Waals surface area (Å²) in [4.78, 5) is 16.8. The summed E-state index contributed by atoms with van der Waals surface area (Å²) >= 11 is 0. The lowest BCUT2D eigenvalue weighted by Gasteiger charge is -2.11. The molecule has 0 aromatic carbocycles. The minimum absolute atomic E-state index is 0.0442. The average molecular weight is 236 g/mol. The molecule has 5 nitrogen and oxygen atoms in total. The molecule has 5 heteroatoms. The molecule has 0 atom stereocenters. The number of nitrogens with zero attached hydrogens (tertiary/aromatic N) is 2. The minimum atomic E-state index is -0.0442. The Morgan fingerprint density at radius 3 is 2.88 bits per heavy atom. The van der Waals surface area contributed by atoms with E-state index < -0.39 is 0 Å². The van der Waals surface area contributed by atoms with E-state index in [2.05, 4.69) is 15.6 Å². The second-order valence-electron chi connectivity index (χ2n) is 4.02. The first kappa shape index (κ1) is 13.4. The summed E-state index contributed by atoms with van der Waals surface area (Å²) in [6, 6.07) is 3.92. The largest absolute Gasteiger partial charge is 0.338 e. The topological polar surface area (TPSA) is 57.3 Å². The van der Waals surface area contributed by atoms with E-state index in [1.54, 1.807) is 20.3 Å². The molecule has 0 saturated heterocycles. The van der Waals surface area contributed by atoms with Crippen molar-refractivity contribution in [1.82, 2.24) is 20.5 Å². The fourth-order valence-electron chi connectivity index (χ4n) is 1.30. The molecule has 0 aliphatic rings. The van der Waals surface area contributed by atoms with Crippen molar-refractivity contribution in [3.05, 3.63) is 30.1 Å². The zero-order chi connectivity index (χ0) is 12.5. The van der Waals surface area contributed by atoms with Gasteiger partial charge in [0.1, 0.15) is 0 Å². The third-order valence-electron chi connectivity index (χ3n) is 2.26. The lowest BCUT2D eigenvalue weighted by Crippen LogP contribution is -2.35. The van der Waals surface area contributed by atoms with Gasteiger partial charge in [0.2, 0.25) is 0 Å². The number of amides is 2. The summed E-state index contributed by atoms with van der Waals surface area (Å²) in [6.07, 6.45) is 4.53. The average Bonchev–Trinajstić information content (AvgIpc) is 2.34. The highest BCUT2D eigenvalue weighted by molar-refractivity contribution is 5.73. The van der Waals surface area contributed by atoms with Gasteiger partial charge in [-0.15, -0.1) is 0 Å². The number of carbonyl (C=O) groups excluding carboxylic acids is 1. The van der Waals surface area contributed by atoms with E-state index in [0.717, 1.165) is 19.5 Å². The minimum Gasteiger partial charge on any atom is -0.338 e. The van der Waals surface area contributed by atoms with Crippen molar-refractivity contribution in [2.75, 3.05) is 27.2 Å². The molecule has 0 aliphatic heterocycles. The first-order chi connectivity index (χ1) is 8.20. The van der Waals surface area contributed by atoms with Gasteiger partial charge in [0.05, 0.1) is 0 Å². The summed E-state index contributed by atoms with van der Waals surface area (Å²) in [5, 5.41) is 6.12. The predicted octanol–water partition coefficient (Wildman–Crippen LogP) is 0.832. The van der Waals surface area contributed by atoms with E-state index in [0.29, 0.717) is 6.54 Å². The van der Waals surface area contributed by atoms with Gasteiger partial charge in [-0.2, -0.15) is 0 Å². The van der Waals surface area contributed by atoms with Crippen LogP contribution in [0.15, 0.2) is 24.5 Å². The second kappa shape index (κ2) is 7.62. The smallest absolute Gasteiger partial charge is 0.316 e. The summed E-state index contributed by atoms with van der Waals surface area (Å²) in [6.45, 7) is 2.38. The lowest BCUT2D eigenvalue weighted by atomic mass is 10.3. The molecule has 0 spiro atoms. The Morgan fingerprint density at radius 1 is 1.41 bits per heavy atom. The Morgan fingerprint density at radius 2 is 2.24 bits per heavy atom. The lowest BCUT2D eigenvalue weighted by molar-refractivity contribution is 0.217. The number of nitrogens with one attached hydrogen (secondary N) is 2. The molecule has 1 aromatic heterocycles. The van der Waals surface area contributed by atoms with E-state index in [4.69, 9.17) is 0 Å². The number of rotatable bonds is 6. The van der Waals surface area contributed by atoms with Crippen molar-refractivity contribution in [3.8, 4) is 0 Å². The highest BCUT2D eigenvalue weighted by Crippen LogP contribution is 1.93. The van der Waals surface area contributed by atoms with E-state index in [-0.39, 0.29) is 6.03 Å². The number of hydrogen-bond donors (Lipinski definition) is 2. The molecular formula is C12H20N4O. The van der Waals surface area contributed by atoms with Crippen LogP contribution in [-0.4, -0.2) is 43.1 Å². The Bertz CT molecular complexity index is 327. The predicted molar refractivity (Wildman–Crippen MR) is 67.6 cm³/mol. The van der Waals surface area contributed by atoms with Crippen LogP contribution in [-0.2, 0) is 6.54 Å². The molecule has 0 fully saturated rings. The third kappa shape index (κ3) is 5.87. The van der Waals surface area contributed by atoms with Crippen molar-refractivity contribution >= 4 is 6.03 Å². The normalized spacial score (nSPS) is 10.0. The number of aromatic nitrogens is 1. The zero-order valence-electron chi connectivity index (χ0n) is 10.4. The van der Waals surface area contributed by atoms with Gasteiger partial charge in [-0.25, -0.2) is 4.79 Å². The molecule has 94 valence electrons. The zero-order valence-corrected chi connectivity index (χ0v) is 10.4. The van der Waals surface area contributed by atoms with Gasteiger partial charge in [0, 0.05) is 39.6 Å². The molecule has 17 heavy (non-hydrogen) atoms. The van der Waals surface area contributed by atoms with E-state index in [1.807, 2.05) is 18.3 Å². The van der Waals surface area contributed by atoms with Gasteiger partial charge < -0.3 is 15.5 Å². The molecule has 0 aliphatic carbocycles. The summed E-state index contributed by atoms with van der Waals surface area (Å²) < 4.78 is 0. The standard InChI is InChI=1S/C12H20N4O/c1-16(2)12(17)15-8-4-7-14-10-11-5-3-6-13-9-11/h3,5-6,9,14H,4,7-8,10H2,1-2H3,(H,15,17). The Balaban J connectivity index is 2.00. The summed E-state index contributed by atoms with van der Waals surface area (Å²) in [5.41, 5.74) is 1.17. The van der Waals surface area contributed by atoms with Gasteiger partial charge in [0.15, 0.2) is 0 Å². The van der Waals surface area contributed by atoms with Crippen molar-refractivity contribution < 1.29 is 4.79 Å². The van der Waals surface area contributed by atoms with Crippen LogP contribution in [0, 0.1) is 0 Å². The van der Waals surface area contributed by atoms with E-state index in [1.165, 1.54) is 10.5 Å². The van der Waals surface area contributed by atoms with E-state index >= 15 is 0 Å². The van der Waals surface area contributed by atoms with Crippen molar-refractivity contribution in [1.29, 1.82) is 0 Å². The van der Waals surface area contributed by atoms with Crippen LogP contribution in [0.25, 0.3) is 0 Å². The van der Waals surface area contributed by atoms with Crippen LogP contribution < -0.4 is 10.6 Å². The molecule has 0 radical (unpaired) electrons. The first-order valence-electron chi connectivity index (χ1n) is 5.75. The molecule has 1 aromatic rings. The van der Waals surface area contributed by atoms with Crippen molar-refractivity contribution in [3.63, 3.8) is 0 Å². The van der Waals surface area contributed by atoms with Gasteiger partial charge in [-0.3, -0.25) is 4.98 Å². The van der Waals surface area contributed by atoms with Gasteiger partial charge in [0.25, 0.3) is 0 Å². The molecule has 2 N–H and O–H groups in total. The summed E-state index contributed by atoms with van der Waals surface area (Å²) in [5.74, 6) is 0. The monoisotopic (exact) mass is 236 g/mol. The van der Waals surface area contributed by atoms with Crippen molar-refractivity contribution in [2.45, 2.75) is 13.0 Å². The first-order valence-corrected chi connectivity index (χ1v) is 5.75. The number of urea groups is 1. The fraction of sp³-hybridized carbons (Fsp3) is 0.500. The van der Waals surface area contributed by atoms with Gasteiger partial charge in [-0.1, -0.05) is 6.07 Å². The van der Waals surface area contributed by atoms with Crippen LogP contribution >= 0.6 is 0 Å². The van der Waals surface area contributed by atoms with Crippen LogP contribution in [0.2, 0.25) is 0 Å². The van der Waals surface area contributed by atoms with Crippen LogP contribution in [0.3, 0.4) is 0 Å². The SMILES string of the molecule is CN(C)C(=O)NCCCNCc1cccnc1. The molecule has 2 amide bonds. The van der Waals surface area contributed by atoms with Crippen molar-refractivity contribution in [2.24, 2.45) is 0 Å². The number of carbonyl (C=O) groups is 1. The van der Waals surface area contributed by atoms with Gasteiger partial charge >= 0.3 is 6.03 Å². The molecule has 0 saturated carbocycles. The maximum atomic E-state index is 11.2.